The fourth-order valence-electron chi connectivity index (χ4n) is 4.31. The molecule has 1 aromatic heterocycles. The fraction of sp³-hybridized carbons (Fsp3) is 0.700. The standard InChI is InChI=1S/C16H24N2O2.2C2HF3O2/c1-12-2-3-14(20-12)10-17-7-4-16-15(17)5-8-18(16)13-6-9-19-11-13;2*3-2(4,5)1(6)7/h2-3,13,15-16H,4-11H2,1H3;2*(H,6,7)/t13?,15-,16+;;/m0../s1. The van der Waals surface area contributed by atoms with Gasteiger partial charge >= 0.3 is 24.3 Å². The zero-order chi connectivity index (χ0) is 25.7. The third kappa shape index (κ3) is 7.87. The maximum atomic E-state index is 10.6. The van der Waals surface area contributed by atoms with Gasteiger partial charge in [0.05, 0.1) is 13.2 Å². The van der Waals surface area contributed by atoms with E-state index in [1.807, 2.05) is 6.92 Å². The number of carbonyl (C=O) groups is 2. The molecule has 0 radical (unpaired) electrons. The number of nitrogens with zero attached hydrogens (tertiary/aromatic N) is 2. The summed E-state index contributed by atoms with van der Waals surface area (Å²) < 4.78 is 74.8. The predicted octanol–water partition coefficient (Wildman–Crippen LogP) is 3.29. The van der Waals surface area contributed by atoms with Crippen molar-refractivity contribution in [1.29, 1.82) is 0 Å². The molecule has 1 unspecified atom stereocenters. The molecule has 0 saturated carbocycles. The zero-order valence-electron chi connectivity index (χ0n) is 18.2. The third-order valence-corrected chi connectivity index (χ3v) is 5.75. The number of ether oxygens (including phenoxy) is 1. The first-order valence-electron chi connectivity index (χ1n) is 10.4. The zero-order valence-corrected chi connectivity index (χ0v) is 18.2. The Labute approximate surface area is 191 Å². The summed E-state index contributed by atoms with van der Waals surface area (Å²) >= 11 is 0. The fourth-order valence-corrected chi connectivity index (χ4v) is 4.31. The molecule has 3 fully saturated rings. The number of aliphatic carboxylic acids is 2. The first-order valence-corrected chi connectivity index (χ1v) is 10.4. The number of furan rings is 1. The summed E-state index contributed by atoms with van der Waals surface area (Å²) in [5, 5.41) is 14.2. The second kappa shape index (κ2) is 11.4. The molecule has 8 nitrogen and oxygen atoms in total. The monoisotopic (exact) mass is 504 g/mol. The molecule has 0 aliphatic carbocycles. The molecule has 3 aliphatic rings. The maximum Gasteiger partial charge on any atom is 0.490 e. The number of rotatable bonds is 3. The van der Waals surface area contributed by atoms with E-state index in [-0.39, 0.29) is 0 Å². The van der Waals surface area contributed by atoms with E-state index in [0.717, 1.165) is 43.4 Å². The molecule has 0 aromatic carbocycles. The van der Waals surface area contributed by atoms with Crippen molar-refractivity contribution in [2.24, 2.45) is 0 Å². The van der Waals surface area contributed by atoms with Crippen LogP contribution in [0.3, 0.4) is 0 Å². The first kappa shape index (κ1) is 27.9. The van der Waals surface area contributed by atoms with Gasteiger partial charge in [0.1, 0.15) is 11.5 Å². The molecule has 0 amide bonds. The Kier molecular flexibility index (Phi) is 9.37. The summed E-state index contributed by atoms with van der Waals surface area (Å²) in [5.41, 5.74) is 0. The summed E-state index contributed by atoms with van der Waals surface area (Å²) in [6.45, 7) is 7.35. The van der Waals surface area contributed by atoms with Crippen LogP contribution in [0.5, 0.6) is 0 Å². The molecular weight excluding hydrogens is 478 g/mol. The summed E-state index contributed by atoms with van der Waals surface area (Å²) in [6.07, 6.45) is -6.33. The van der Waals surface area contributed by atoms with Gasteiger partial charge in [-0.1, -0.05) is 0 Å². The molecule has 3 saturated heterocycles. The van der Waals surface area contributed by atoms with Crippen LogP contribution in [-0.2, 0) is 20.9 Å². The summed E-state index contributed by atoms with van der Waals surface area (Å²) in [4.78, 5) is 23.1. The van der Waals surface area contributed by atoms with E-state index < -0.39 is 24.3 Å². The number of likely N-dealkylation sites (tertiary alicyclic amines) is 2. The SMILES string of the molecule is Cc1ccc(CN2CC[C@@H]3[C@@H]2CCN3C2CCOC2)o1.O=C(O)C(F)(F)F.O=C(O)C(F)(F)F. The van der Waals surface area contributed by atoms with Gasteiger partial charge in [-0.25, -0.2) is 9.59 Å². The molecule has 1 aromatic rings. The van der Waals surface area contributed by atoms with Crippen LogP contribution in [0.2, 0.25) is 0 Å². The largest absolute Gasteiger partial charge is 0.490 e. The summed E-state index contributed by atoms with van der Waals surface area (Å²) in [7, 11) is 0. The minimum absolute atomic E-state index is 0.677. The highest BCUT2D eigenvalue weighted by Gasteiger charge is 2.45. The van der Waals surface area contributed by atoms with Gasteiger partial charge in [-0.05, 0) is 38.3 Å². The molecule has 3 atom stereocenters. The molecule has 0 spiro atoms. The van der Waals surface area contributed by atoms with Crippen molar-refractivity contribution >= 4 is 11.9 Å². The minimum atomic E-state index is -5.08. The number of carboxylic acids is 2. The van der Waals surface area contributed by atoms with Crippen LogP contribution in [0.25, 0.3) is 0 Å². The Hall–Kier alpha value is -2.32. The van der Waals surface area contributed by atoms with Gasteiger partial charge in [0.2, 0.25) is 0 Å². The van der Waals surface area contributed by atoms with E-state index in [0.29, 0.717) is 6.04 Å². The van der Waals surface area contributed by atoms with Crippen molar-refractivity contribution in [2.45, 2.75) is 63.2 Å². The quantitative estimate of drug-likeness (QED) is 0.605. The third-order valence-electron chi connectivity index (χ3n) is 5.75. The summed E-state index contributed by atoms with van der Waals surface area (Å²) in [6, 6.07) is 6.34. The van der Waals surface area contributed by atoms with Crippen molar-refractivity contribution < 1.29 is 55.3 Å². The Balaban J connectivity index is 0.000000244. The van der Waals surface area contributed by atoms with E-state index in [1.165, 1.54) is 32.4 Å². The molecular formula is C20H26F6N2O6. The van der Waals surface area contributed by atoms with Crippen LogP contribution in [0.1, 0.15) is 30.8 Å². The number of carboxylic acid groups (broad SMARTS) is 2. The second-order valence-electron chi connectivity index (χ2n) is 8.06. The molecule has 34 heavy (non-hydrogen) atoms. The molecule has 2 N–H and O–H groups in total. The van der Waals surface area contributed by atoms with Gasteiger partial charge in [-0.2, -0.15) is 26.3 Å². The lowest BCUT2D eigenvalue weighted by atomic mass is 10.1. The van der Waals surface area contributed by atoms with Gasteiger partial charge in [0.25, 0.3) is 0 Å². The van der Waals surface area contributed by atoms with Crippen molar-refractivity contribution in [3.63, 3.8) is 0 Å². The average Bonchev–Trinajstić information content (AvgIpc) is 3.48. The molecule has 3 aliphatic heterocycles. The lowest BCUT2D eigenvalue weighted by molar-refractivity contribution is -0.193. The van der Waals surface area contributed by atoms with Crippen molar-refractivity contribution in [2.75, 3.05) is 26.3 Å². The average molecular weight is 504 g/mol. The number of aryl methyl sites for hydroxylation is 1. The Morgan fingerprint density at radius 3 is 1.97 bits per heavy atom. The maximum absolute atomic E-state index is 10.6. The normalized spacial score (nSPS) is 25.2. The van der Waals surface area contributed by atoms with E-state index in [2.05, 4.69) is 21.9 Å². The van der Waals surface area contributed by atoms with Crippen LogP contribution in [0.15, 0.2) is 16.5 Å². The van der Waals surface area contributed by atoms with Gasteiger partial charge in [0, 0.05) is 37.8 Å². The van der Waals surface area contributed by atoms with E-state index in [1.54, 1.807) is 0 Å². The number of alkyl halides is 6. The molecule has 4 rings (SSSR count). The summed E-state index contributed by atoms with van der Waals surface area (Å²) in [5.74, 6) is -3.38. The Morgan fingerprint density at radius 2 is 1.53 bits per heavy atom. The van der Waals surface area contributed by atoms with Crippen molar-refractivity contribution in [1.82, 2.24) is 9.80 Å². The molecule has 0 bridgehead atoms. The Morgan fingerprint density at radius 1 is 0.971 bits per heavy atom. The van der Waals surface area contributed by atoms with Gasteiger partial charge < -0.3 is 19.4 Å². The number of hydrogen-bond donors (Lipinski definition) is 2. The Bertz CT molecular complexity index is 797. The van der Waals surface area contributed by atoms with Crippen LogP contribution in [0, 0.1) is 6.92 Å². The van der Waals surface area contributed by atoms with Gasteiger partial charge in [0.15, 0.2) is 0 Å². The number of fused-ring (bicyclic) bond motifs is 1. The van der Waals surface area contributed by atoms with Crippen LogP contribution < -0.4 is 0 Å². The van der Waals surface area contributed by atoms with Crippen LogP contribution in [-0.4, -0.2) is 88.7 Å². The van der Waals surface area contributed by atoms with Gasteiger partial charge in [-0.15, -0.1) is 0 Å². The predicted molar refractivity (Wildman–Crippen MR) is 104 cm³/mol. The lowest BCUT2D eigenvalue weighted by Gasteiger charge is -2.29. The topological polar surface area (TPSA) is 103 Å². The van der Waals surface area contributed by atoms with E-state index in [4.69, 9.17) is 29.0 Å². The molecule has 194 valence electrons. The van der Waals surface area contributed by atoms with Crippen molar-refractivity contribution in [3.8, 4) is 0 Å². The van der Waals surface area contributed by atoms with Crippen LogP contribution >= 0.6 is 0 Å². The van der Waals surface area contributed by atoms with Gasteiger partial charge in [-0.3, -0.25) is 9.80 Å². The van der Waals surface area contributed by atoms with E-state index in [9.17, 15) is 26.3 Å². The second-order valence-corrected chi connectivity index (χ2v) is 8.06. The highest BCUT2D eigenvalue weighted by molar-refractivity contribution is 5.73. The number of hydrogen-bond acceptors (Lipinski definition) is 6. The molecule has 4 heterocycles. The van der Waals surface area contributed by atoms with Crippen LogP contribution in [0.4, 0.5) is 26.3 Å². The van der Waals surface area contributed by atoms with E-state index >= 15 is 0 Å². The lowest BCUT2D eigenvalue weighted by Crippen LogP contribution is -2.42. The highest BCUT2D eigenvalue weighted by atomic mass is 19.4. The smallest absolute Gasteiger partial charge is 0.475 e. The number of halogens is 6. The minimum Gasteiger partial charge on any atom is -0.475 e. The highest BCUT2D eigenvalue weighted by Crippen LogP contribution is 2.35. The van der Waals surface area contributed by atoms with Crippen molar-refractivity contribution in [3.05, 3.63) is 23.7 Å². The molecule has 14 heteroatoms. The first-order chi connectivity index (χ1) is 15.7.